The minimum absolute atomic E-state index is 0.0269. The number of benzene rings is 2. The lowest BCUT2D eigenvalue weighted by Crippen LogP contribution is -2.17. The third kappa shape index (κ3) is 4.47. The lowest BCUT2D eigenvalue weighted by atomic mass is 10.2. The molecule has 1 amide bonds. The molecule has 0 saturated carbocycles. The van der Waals surface area contributed by atoms with E-state index in [1.165, 1.54) is 12.1 Å². The first-order valence-electron chi connectivity index (χ1n) is 7.43. The molecule has 0 spiro atoms. The average Bonchev–Trinajstić information content (AvgIpc) is 2.63. The predicted molar refractivity (Wildman–Crippen MR) is 98.9 cm³/mol. The van der Waals surface area contributed by atoms with Crippen LogP contribution >= 0.6 is 23.4 Å². The molecular formula is C17H12ClFN4O2S. The zero-order chi connectivity index (χ0) is 18.5. The van der Waals surface area contributed by atoms with Crippen molar-refractivity contribution in [3.05, 3.63) is 69.7 Å². The molecule has 3 aromatic rings. The van der Waals surface area contributed by atoms with E-state index in [4.69, 9.17) is 11.6 Å². The zero-order valence-electron chi connectivity index (χ0n) is 13.2. The summed E-state index contributed by atoms with van der Waals surface area (Å²) in [6.07, 6.45) is 0. The SMILES string of the molecule is O=C(CSc1nnc(-c2ccccc2)c(=O)[nH]1)Nc1ccc(Cl)cc1F. The summed E-state index contributed by atoms with van der Waals surface area (Å²) in [4.78, 5) is 26.6. The maximum absolute atomic E-state index is 13.7. The first-order chi connectivity index (χ1) is 12.5. The molecule has 1 heterocycles. The van der Waals surface area contributed by atoms with E-state index in [9.17, 15) is 14.0 Å². The number of carbonyl (C=O) groups excluding carboxylic acids is 1. The number of anilines is 1. The van der Waals surface area contributed by atoms with Crippen molar-refractivity contribution < 1.29 is 9.18 Å². The fourth-order valence-electron chi connectivity index (χ4n) is 2.08. The van der Waals surface area contributed by atoms with Gasteiger partial charge in [-0.2, -0.15) is 0 Å². The Morgan fingerprint density at radius 2 is 1.96 bits per heavy atom. The number of hydrogen-bond acceptors (Lipinski definition) is 5. The van der Waals surface area contributed by atoms with Gasteiger partial charge in [0, 0.05) is 10.6 Å². The van der Waals surface area contributed by atoms with Crippen molar-refractivity contribution in [1.82, 2.24) is 15.2 Å². The van der Waals surface area contributed by atoms with Gasteiger partial charge in [-0.05, 0) is 18.2 Å². The van der Waals surface area contributed by atoms with E-state index in [1.807, 2.05) is 6.07 Å². The first-order valence-corrected chi connectivity index (χ1v) is 8.79. The van der Waals surface area contributed by atoms with Crippen molar-refractivity contribution in [3.63, 3.8) is 0 Å². The molecule has 0 bridgehead atoms. The van der Waals surface area contributed by atoms with Gasteiger partial charge in [0.2, 0.25) is 5.91 Å². The van der Waals surface area contributed by atoms with Crippen molar-refractivity contribution in [2.75, 3.05) is 11.1 Å². The molecule has 0 aliphatic heterocycles. The van der Waals surface area contributed by atoms with Gasteiger partial charge < -0.3 is 5.32 Å². The second-order valence-corrected chi connectivity index (χ2v) is 6.54. The van der Waals surface area contributed by atoms with E-state index in [0.29, 0.717) is 5.56 Å². The van der Waals surface area contributed by atoms with Gasteiger partial charge in [0.25, 0.3) is 5.56 Å². The summed E-state index contributed by atoms with van der Waals surface area (Å²) in [5, 5.41) is 10.7. The molecule has 0 unspecified atom stereocenters. The summed E-state index contributed by atoms with van der Waals surface area (Å²) in [5.41, 5.74) is 0.466. The van der Waals surface area contributed by atoms with E-state index in [1.54, 1.807) is 24.3 Å². The molecule has 0 aliphatic carbocycles. The summed E-state index contributed by atoms with van der Waals surface area (Å²) in [6, 6.07) is 12.9. The Kier molecular flexibility index (Phi) is 5.65. The highest BCUT2D eigenvalue weighted by Gasteiger charge is 2.11. The van der Waals surface area contributed by atoms with Crippen LogP contribution in [0.4, 0.5) is 10.1 Å². The topological polar surface area (TPSA) is 87.7 Å². The summed E-state index contributed by atoms with van der Waals surface area (Å²) in [6.45, 7) is 0. The van der Waals surface area contributed by atoms with E-state index in [2.05, 4.69) is 20.5 Å². The van der Waals surface area contributed by atoms with E-state index in [0.717, 1.165) is 17.8 Å². The Morgan fingerprint density at radius 1 is 1.19 bits per heavy atom. The highest BCUT2D eigenvalue weighted by molar-refractivity contribution is 7.99. The van der Waals surface area contributed by atoms with Crippen molar-refractivity contribution >= 4 is 35.0 Å². The number of carbonyl (C=O) groups is 1. The number of nitrogens with zero attached hydrogens (tertiary/aromatic N) is 2. The lowest BCUT2D eigenvalue weighted by Gasteiger charge is -2.06. The van der Waals surface area contributed by atoms with Crippen molar-refractivity contribution in [2.24, 2.45) is 0 Å². The van der Waals surface area contributed by atoms with Crippen LogP contribution < -0.4 is 10.9 Å². The largest absolute Gasteiger partial charge is 0.323 e. The summed E-state index contributed by atoms with van der Waals surface area (Å²) in [5.74, 6) is -1.15. The monoisotopic (exact) mass is 390 g/mol. The second kappa shape index (κ2) is 8.11. The standard InChI is InChI=1S/C17H12ClFN4O2S/c18-11-6-7-13(12(19)8-11)20-14(24)9-26-17-21-16(25)15(22-23-17)10-4-2-1-3-5-10/h1-8H,9H2,(H,20,24)(H,21,23,25). The number of aromatic nitrogens is 3. The van der Waals surface area contributed by atoms with Crippen LogP contribution in [0.25, 0.3) is 11.3 Å². The van der Waals surface area contributed by atoms with Crippen LogP contribution in [0.2, 0.25) is 5.02 Å². The Labute approximate surface area is 156 Å². The van der Waals surface area contributed by atoms with Crippen molar-refractivity contribution in [3.8, 4) is 11.3 Å². The molecule has 0 saturated heterocycles. The molecule has 9 heteroatoms. The van der Waals surface area contributed by atoms with E-state index < -0.39 is 17.3 Å². The van der Waals surface area contributed by atoms with Gasteiger partial charge in [0.1, 0.15) is 5.82 Å². The number of aromatic amines is 1. The minimum atomic E-state index is -0.628. The molecule has 0 fully saturated rings. The van der Waals surface area contributed by atoms with Crippen LogP contribution in [0.1, 0.15) is 0 Å². The summed E-state index contributed by atoms with van der Waals surface area (Å²) < 4.78 is 13.7. The van der Waals surface area contributed by atoms with Gasteiger partial charge >= 0.3 is 0 Å². The Bertz CT molecular complexity index is 998. The van der Waals surface area contributed by atoms with Gasteiger partial charge in [0.15, 0.2) is 10.9 Å². The molecule has 1 aromatic heterocycles. The summed E-state index contributed by atoms with van der Waals surface area (Å²) in [7, 11) is 0. The minimum Gasteiger partial charge on any atom is -0.323 e. The number of H-pyrrole nitrogens is 1. The fourth-order valence-corrected chi connectivity index (χ4v) is 2.85. The number of hydrogen-bond donors (Lipinski definition) is 2. The number of amides is 1. The maximum Gasteiger partial charge on any atom is 0.278 e. The van der Waals surface area contributed by atoms with Crippen LogP contribution in [0.3, 0.4) is 0 Å². The van der Waals surface area contributed by atoms with Gasteiger partial charge in [-0.1, -0.05) is 53.7 Å². The normalized spacial score (nSPS) is 10.5. The average molecular weight is 391 g/mol. The molecule has 6 nitrogen and oxygen atoms in total. The number of thioether (sulfide) groups is 1. The van der Waals surface area contributed by atoms with Gasteiger partial charge in [-0.25, -0.2) is 4.39 Å². The van der Waals surface area contributed by atoms with Crippen LogP contribution in [-0.2, 0) is 4.79 Å². The first kappa shape index (κ1) is 18.1. The third-order valence-electron chi connectivity index (χ3n) is 3.27. The Hall–Kier alpha value is -2.71. The van der Waals surface area contributed by atoms with Crippen LogP contribution in [0.15, 0.2) is 58.5 Å². The second-order valence-electron chi connectivity index (χ2n) is 5.13. The van der Waals surface area contributed by atoms with Crippen molar-refractivity contribution in [1.29, 1.82) is 0 Å². The molecule has 0 atom stereocenters. The number of rotatable bonds is 5. The molecule has 132 valence electrons. The zero-order valence-corrected chi connectivity index (χ0v) is 14.8. The molecule has 0 aliphatic rings. The van der Waals surface area contributed by atoms with Gasteiger partial charge in [-0.15, -0.1) is 10.2 Å². The molecule has 26 heavy (non-hydrogen) atoms. The predicted octanol–water partition coefficient (Wildman–Crippen LogP) is 3.36. The van der Waals surface area contributed by atoms with Crippen molar-refractivity contribution in [2.45, 2.75) is 5.16 Å². The van der Waals surface area contributed by atoms with E-state index in [-0.39, 0.29) is 27.3 Å². The van der Waals surface area contributed by atoms with Crippen LogP contribution in [-0.4, -0.2) is 26.8 Å². The Morgan fingerprint density at radius 3 is 2.65 bits per heavy atom. The molecule has 3 rings (SSSR count). The summed E-state index contributed by atoms with van der Waals surface area (Å²) >= 11 is 6.65. The van der Waals surface area contributed by atoms with E-state index >= 15 is 0 Å². The van der Waals surface area contributed by atoms with Gasteiger partial charge in [0.05, 0.1) is 11.4 Å². The smallest absolute Gasteiger partial charge is 0.278 e. The fraction of sp³-hybridized carbons (Fsp3) is 0.0588. The molecule has 2 aromatic carbocycles. The lowest BCUT2D eigenvalue weighted by molar-refractivity contribution is -0.113. The highest BCUT2D eigenvalue weighted by atomic mass is 35.5. The van der Waals surface area contributed by atoms with Crippen LogP contribution in [0.5, 0.6) is 0 Å². The highest BCUT2D eigenvalue weighted by Crippen LogP contribution is 2.20. The molecule has 2 N–H and O–H groups in total. The number of nitrogens with one attached hydrogen (secondary N) is 2. The third-order valence-corrected chi connectivity index (χ3v) is 4.37. The quantitative estimate of drug-likeness (QED) is 0.652. The van der Waals surface area contributed by atoms with Gasteiger partial charge in [-0.3, -0.25) is 14.6 Å². The molecule has 0 radical (unpaired) electrons. The molecular weight excluding hydrogens is 379 g/mol. The Balaban J connectivity index is 1.63. The number of halogens is 2. The maximum atomic E-state index is 13.7. The van der Waals surface area contributed by atoms with Crippen LogP contribution in [0, 0.1) is 5.82 Å².